The lowest BCUT2D eigenvalue weighted by molar-refractivity contribution is -0.144. The van der Waals surface area contributed by atoms with E-state index in [4.69, 9.17) is 4.74 Å². The molecule has 1 aromatic heterocycles. The maximum atomic E-state index is 14.0. The molecule has 3 aromatic carbocycles. The van der Waals surface area contributed by atoms with E-state index >= 15 is 0 Å². The zero-order chi connectivity index (χ0) is 50.8. The van der Waals surface area contributed by atoms with Crippen molar-refractivity contribution < 1.29 is 38.6 Å². The van der Waals surface area contributed by atoms with Crippen molar-refractivity contribution in [3.63, 3.8) is 0 Å². The van der Waals surface area contributed by atoms with Crippen LogP contribution >= 0.6 is 11.3 Å². The summed E-state index contributed by atoms with van der Waals surface area (Å²) in [4.78, 5) is 85.3. The summed E-state index contributed by atoms with van der Waals surface area (Å²) in [5.74, 6) is -1.35. The topological polar surface area (TPSA) is 208 Å². The summed E-state index contributed by atoms with van der Waals surface area (Å²) in [5.41, 5.74) is 5.30. The summed E-state index contributed by atoms with van der Waals surface area (Å²) < 4.78 is 5.33. The Balaban J connectivity index is 0.912. The first-order valence-corrected chi connectivity index (χ1v) is 25.5. The van der Waals surface area contributed by atoms with Crippen LogP contribution in [-0.4, -0.2) is 81.0 Å². The Morgan fingerprint density at radius 1 is 0.743 bits per heavy atom. The molecule has 3 atom stereocenters. The standard InChI is InChI=1S/C54H73N7O8S/c1-36-47(70-35-56-36)38-26-24-37(25-27-38)33-55-50(66)44-32-41(62)34-61(44)51(67)48(53(2,3)4)60-46(64)23-17-15-13-11-9-8-10-12-14-16-22-45(63)57-40-30-28-39(29-31-40)49(65)58-42-20-18-19-21-43(42)59-52(68)69-54(5,6)7/h18-21,24-31,35,41,44,48,62H,8-17,22-23,32-34H2,1-7H3,(H,55,66)(H,57,63)(H,58,65)(H,59,68)(H,60,64)/t41-,44+,48-/m1/s1. The van der Waals surface area contributed by atoms with Crippen LogP contribution in [0.5, 0.6) is 0 Å². The van der Waals surface area contributed by atoms with Gasteiger partial charge in [0.2, 0.25) is 23.6 Å². The third-order valence-electron chi connectivity index (χ3n) is 12.0. The molecule has 0 bridgehead atoms. The predicted molar refractivity (Wildman–Crippen MR) is 276 cm³/mol. The molecule has 70 heavy (non-hydrogen) atoms. The van der Waals surface area contributed by atoms with Crippen molar-refractivity contribution >= 4 is 64.0 Å². The van der Waals surface area contributed by atoms with E-state index in [0.717, 1.165) is 79.5 Å². The number of rotatable bonds is 23. The first-order valence-electron chi connectivity index (χ1n) is 24.6. The Morgan fingerprint density at radius 3 is 1.87 bits per heavy atom. The second kappa shape index (κ2) is 26.2. The number of aromatic nitrogens is 1. The molecule has 0 saturated carbocycles. The molecule has 2 heterocycles. The van der Waals surface area contributed by atoms with Gasteiger partial charge in [-0.1, -0.05) is 109 Å². The largest absolute Gasteiger partial charge is 0.444 e. The second-order valence-electron chi connectivity index (χ2n) is 20.2. The molecular weight excluding hydrogens is 907 g/mol. The van der Waals surface area contributed by atoms with Gasteiger partial charge in [0.25, 0.3) is 5.91 Å². The number of aliphatic hydroxyl groups excluding tert-OH is 1. The van der Waals surface area contributed by atoms with Gasteiger partial charge in [-0.25, -0.2) is 9.78 Å². The molecule has 0 aliphatic carbocycles. The SMILES string of the molecule is Cc1ncsc1-c1ccc(CNC(=O)[C@@H]2C[C@@H](O)CN2C(=O)[C@@H](NC(=O)CCCCCCCCCCCCC(=O)Nc2ccc(C(=O)Nc3ccccc3NC(=O)OC(C)(C)C)cc2)C(C)(C)C)cc1. The molecular formula is C54H73N7O8S. The highest BCUT2D eigenvalue weighted by atomic mass is 32.1. The molecule has 1 aliphatic rings. The quantitative estimate of drug-likeness (QED) is 0.0390. The third kappa shape index (κ3) is 17.7. The number of likely N-dealkylation sites (tertiary alicyclic amines) is 1. The van der Waals surface area contributed by atoms with Crippen molar-refractivity contribution in [2.45, 2.75) is 162 Å². The summed E-state index contributed by atoms with van der Waals surface area (Å²) in [7, 11) is 0. The molecule has 4 aromatic rings. The van der Waals surface area contributed by atoms with Crippen molar-refractivity contribution in [2.24, 2.45) is 5.41 Å². The molecule has 6 N–H and O–H groups in total. The monoisotopic (exact) mass is 980 g/mol. The summed E-state index contributed by atoms with van der Waals surface area (Å²) >= 11 is 1.58. The third-order valence-corrected chi connectivity index (χ3v) is 13.0. The van der Waals surface area contributed by atoms with Gasteiger partial charge in [-0.2, -0.15) is 0 Å². The van der Waals surface area contributed by atoms with E-state index in [1.54, 1.807) is 80.6 Å². The second-order valence-corrected chi connectivity index (χ2v) is 21.1. The lowest BCUT2D eigenvalue weighted by Crippen LogP contribution is -2.57. The van der Waals surface area contributed by atoms with Crippen molar-refractivity contribution in [2.75, 3.05) is 22.5 Å². The van der Waals surface area contributed by atoms with Crippen LogP contribution in [0.2, 0.25) is 0 Å². The number of β-amino-alcohol motifs (C(OH)–C–C–N with tert-alkyl or cyclic N) is 1. The van der Waals surface area contributed by atoms with E-state index in [-0.39, 0.29) is 49.0 Å². The highest BCUT2D eigenvalue weighted by molar-refractivity contribution is 7.13. The Kier molecular flexibility index (Phi) is 20.5. The fraction of sp³-hybridized carbons (Fsp3) is 0.500. The zero-order valence-electron chi connectivity index (χ0n) is 42.0. The van der Waals surface area contributed by atoms with Crippen LogP contribution in [0.15, 0.2) is 78.3 Å². The fourth-order valence-corrected chi connectivity index (χ4v) is 9.05. The van der Waals surface area contributed by atoms with Crippen LogP contribution in [0.4, 0.5) is 21.9 Å². The number of hydrogen-bond acceptors (Lipinski definition) is 10. The molecule has 1 saturated heterocycles. The predicted octanol–water partition coefficient (Wildman–Crippen LogP) is 10.1. The van der Waals surface area contributed by atoms with Gasteiger partial charge in [0.05, 0.1) is 33.6 Å². The van der Waals surface area contributed by atoms with Gasteiger partial charge in [0, 0.05) is 43.6 Å². The minimum atomic E-state index is -0.855. The summed E-state index contributed by atoms with van der Waals surface area (Å²) in [5, 5.41) is 24.9. The van der Waals surface area contributed by atoms with Gasteiger partial charge in [-0.3, -0.25) is 29.3 Å². The first kappa shape index (κ1) is 54.8. The maximum absolute atomic E-state index is 14.0. The van der Waals surface area contributed by atoms with Crippen molar-refractivity contribution in [3.05, 3.63) is 95.1 Å². The number of aliphatic hydroxyl groups is 1. The van der Waals surface area contributed by atoms with Crippen molar-refractivity contribution in [1.29, 1.82) is 0 Å². The molecule has 378 valence electrons. The summed E-state index contributed by atoms with van der Waals surface area (Å²) in [6.07, 6.45) is 9.18. The molecule has 16 heteroatoms. The normalized spacial score (nSPS) is 15.2. The maximum Gasteiger partial charge on any atom is 0.412 e. The molecule has 15 nitrogen and oxygen atoms in total. The number of nitrogens with one attached hydrogen (secondary N) is 5. The Bertz CT molecular complexity index is 2370. The average molecular weight is 980 g/mol. The number of thiazole rings is 1. The smallest absolute Gasteiger partial charge is 0.412 e. The van der Waals surface area contributed by atoms with Gasteiger partial charge in [-0.05, 0) is 93.5 Å². The minimum Gasteiger partial charge on any atom is -0.444 e. The number of hydrogen-bond donors (Lipinski definition) is 6. The number of amides is 6. The summed E-state index contributed by atoms with van der Waals surface area (Å²) in [6, 6.07) is 19.7. The number of para-hydroxylation sites is 2. The molecule has 0 unspecified atom stereocenters. The van der Waals surface area contributed by atoms with Crippen LogP contribution in [0.1, 0.15) is 147 Å². The van der Waals surface area contributed by atoms with Gasteiger partial charge in [-0.15, -0.1) is 11.3 Å². The van der Waals surface area contributed by atoms with E-state index in [1.807, 2.05) is 57.5 Å². The van der Waals surface area contributed by atoms with E-state index < -0.39 is 35.3 Å². The number of aryl methyl sites for hydroxylation is 1. The van der Waals surface area contributed by atoms with Gasteiger partial charge in [0.15, 0.2) is 0 Å². The fourth-order valence-electron chi connectivity index (χ4n) is 8.24. The Labute approximate surface area is 417 Å². The molecule has 1 fully saturated rings. The number of nitrogens with zero attached hydrogens (tertiary/aromatic N) is 2. The van der Waals surface area contributed by atoms with Gasteiger partial charge < -0.3 is 36.0 Å². The molecule has 6 amide bonds. The number of carbonyl (C=O) groups excluding carboxylic acids is 6. The lowest BCUT2D eigenvalue weighted by atomic mass is 9.85. The van der Waals surface area contributed by atoms with Crippen LogP contribution < -0.4 is 26.6 Å². The van der Waals surface area contributed by atoms with Crippen molar-refractivity contribution in [1.82, 2.24) is 20.5 Å². The lowest BCUT2D eigenvalue weighted by Gasteiger charge is -2.35. The summed E-state index contributed by atoms with van der Waals surface area (Å²) in [6.45, 7) is 13.2. The van der Waals surface area contributed by atoms with E-state index in [1.165, 1.54) is 4.90 Å². The minimum absolute atomic E-state index is 0.0273. The van der Waals surface area contributed by atoms with Crippen LogP contribution in [0.25, 0.3) is 10.4 Å². The zero-order valence-corrected chi connectivity index (χ0v) is 42.8. The highest BCUT2D eigenvalue weighted by Crippen LogP contribution is 2.29. The molecule has 0 spiro atoms. The van der Waals surface area contributed by atoms with Crippen LogP contribution in [-0.2, 0) is 30.5 Å². The van der Waals surface area contributed by atoms with Crippen molar-refractivity contribution in [3.8, 4) is 10.4 Å². The van der Waals surface area contributed by atoms with Gasteiger partial charge >= 0.3 is 6.09 Å². The molecule has 0 radical (unpaired) electrons. The number of benzene rings is 3. The number of ether oxygens (including phenoxy) is 1. The van der Waals surface area contributed by atoms with E-state index in [2.05, 4.69) is 31.6 Å². The highest BCUT2D eigenvalue weighted by Gasteiger charge is 2.44. The Morgan fingerprint density at radius 2 is 1.31 bits per heavy atom. The molecule has 1 aliphatic heterocycles. The number of unbranched alkanes of at least 4 members (excludes halogenated alkanes) is 9. The Hall–Kier alpha value is -6.13. The molecule has 5 rings (SSSR count). The van der Waals surface area contributed by atoms with E-state index in [0.29, 0.717) is 41.9 Å². The van der Waals surface area contributed by atoms with E-state index in [9.17, 15) is 33.9 Å². The van der Waals surface area contributed by atoms with Gasteiger partial charge in [0.1, 0.15) is 17.7 Å². The first-order chi connectivity index (χ1) is 33.3. The average Bonchev–Trinajstić information content (AvgIpc) is 3.92. The van der Waals surface area contributed by atoms with Crippen LogP contribution in [0, 0.1) is 12.3 Å². The number of carbonyl (C=O) groups is 6. The number of anilines is 3. The van der Waals surface area contributed by atoms with Crippen LogP contribution in [0.3, 0.4) is 0 Å².